The molecule has 0 aliphatic heterocycles. The topological polar surface area (TPSA) is 25.8 Å². The smallest absolute Gasteiger partial charge is 0.0280 e. The fraction of sp³-hybridized carbons (Fsp3) is 0. The maximum atomic E-state index is 4.09. The molecule has 7 aromatic rings. The molecular weight excluding hydrogens is 460 g/mol. The van der Waals surface area contributed by atoms with Crippen molar-refractivity contribution in [3.8, 4) is 34.8 Å². The Hall–Kier alpha value is -5.44. The monoisotopic (exact) mass is 480 g/mol. The van der Waals surface area contributed by atoms with Crippen molar-refractivity contribution >= 4 is 32.3 Å². The minimum Gasteiger partial charge on any atom is -0.265 e. The number of hydrogen-bond donors (Lipinski definition) is 0. The third-order valence-corrected chi connectivity index (χ3v) is 6.84. The van der Waals surface area contributed by atoms with Gasteiger partial charge in [0.1, 0.15) is 0 Å². The van der Waals surface area contributed by atoms with E-state index in [1.165, 1.54) is 37.9 Å². The van der Waals surface area contributed by atoms with Crippen molar-refractivity contribution in [3.05, 3.63) is 144 Å². The van der Waals surface area contributed by atoms with Gasteiger partial charge in [0.2, 0.25) is 0 Å². The molecule has 0 unspecified atom stereocenters. The summed E-state index contributed by atoms with van der Waals surface area (Å²) in [6.45, 7) is 0. The van der Waals surface area contributed by atoms with Crippen LogP contribution in [-0.2, 0) is 0 Å². The van der Waals surface area contributed by atoms with E-state index >= 15 is 0 Å². The molecule has 0 N–H and O–H groups in total. The lowest BCUT2D eigenvalue weighted by atomic mass is 9.89. The Labute approximate surface area is 221 Å². The molecule has 5 aromatic carbocycles. The van der Waals surface area contributed by atoms with Crippen LogP contribution in [0.4, 0.5) is 0 Å². The van der Waals surface area contributed by atoms with Crippen molar-refractivity contribution < 1.29 is 0 Å². The van der Waals surface area contributed by atoms with Gasteiger partial charge < -0.3 is 0 Å². The molecular formula is C36H20N2. The molecule has 2 aromatic heterocycles. The van der Waals surface area contributed by atoms with Crippen LogP contribution in [-0.4, -0.2) is 9.97 Å². The molecule has 0 saturated heterocycles. The highest BCUT2D eigenvalue weighted by molar-refractivity contribution is 6.25. The summed E-state index contributed by atoms with van der Waals surface area (Å²) in [5.41, 5.74) is 5.97. The summed E-state index contributed by atoms with van der Waals surface area (Å²) in [7, 11) is 0. The van der Waals surface area contributed by atoms with Gasteiger partial charge in [-0.3, -0.25) is 9.97 Å². The van der Waals surface area contributed by atoms with E-state index in [0.29, 0.717) is 0 Å². The number of nitrogens with zero attached hydrogens (tertiary/aromatic N) is 2. The average molecular weight is 481 g/mol. The van der Waals surface area contributed by atoms with Crippen LogP contribution < -0.4 is 0 Å². The van der Waals surface area contributed by atoms with Gasteiger partial charge in [-0.2, -0.15) is 0 Å². The van der Waals surface area contributed by atoms with Gasteiger partial charge in [-0.25, -0.2) is 0 Å². The lowest BCUT2D eigenvalue weighted by Gasteiger charge is -2.14. The van der Waals surface area contributed by atoms with Crippen LogP contribution in [0.1, 0.15) is 22.3 Å². The standard InChI is InChI=1S/C36H20N2/c1-2-29-8-9-31-10-12-33(34-13-11-30(3-1)35(29)36(31)34)32-23-27(6-4-25-14-18-37-19-15-25)22-28(24-32)7-5-26-16-20-38-21-17-26/h1-3,8-24H. The van der Waals surface area contributed by atoms with E-state index in [-0.39, 0.29) is 0 Å². The molecule has 0 saturated carbocycles. The normalized spacial score (nSPS) is 10.7. The first kappa shape index (κ1) is 21.8. The van der Waals surface area contributed by atoms with E-state index in [2.05, 4.69) is 106 Å². The first-order chi connectivity index (χ1) is 18.8. The van der Waals surface area contributed by atoms with E-state index in [1.54, 1.807) is 24.8 Å². The molecule has 0 atom stereocenters. The zero-order chi connectivity index (χ0) is 25.3. The van der Waals surface area contributed by atoms with Crippen LogP contribution in [0, 0.1) is 23.7 Å². The fourth-order valence-electron chi connectivity index (χ4n) is 5.07. The minimum absolute atomic E-state index is 0.920. The van der Waals surface area contributed by atoms with Crippen LogP contribution in [0.3, 0.4) is 0 Å². The van der Waals surface area contributed by atoms with Crippen molar-refractivity contribution in [2.24, 2.45) is 0 Å². The average Bonchev–Trinajstić information content (AvgIpc) is 2.99. The fourth-order valence-corrected chi connectivity index (χ4v) is 5.07. The van der Waals surface area contributed by atoms with E-state index in [4.69, 9.17) is 0 Å². The molecule has 2 heteroatoms. The molecule has 2 nitrogen and oxygen atoms in total. The van der Waals surface area contributed by atoms with Crippen molar-refractivity contribution in [2.45, 2.75) is 0 Å². The van der Waals surface area contributed by atoms with E-state index in [9.17, 15) is 0 Å². The van der Waals surface area contributed by atoms with Crippen molar-refractivity contribution in [1.82, 2.24) is 9.97 Å². The van der Waals surface area contributed by atoms with E-state index in [0.717, 1.165) is 27.8 Å². The molecule has 0 radical (unpaired) electrons. The molecule has 0 bridgehead atoms. The number of hydrogen-bond acceptors (Lipinski definition) is 2. The minimum atomic E-state index is 0.920. The zero-order valence-corrected chi connectivity index (χ0v) is 20.4. The Kier molecular flexibility index (Phi) is 5.29. The lowest BCUT2D eigenvalue weighted by molar-refractivity contribution is 1.32. The van der Waals surface area contributed by atoms with Gasteiger partial charge in [0.05, 0.1) is 0 Å². The third kappa shape index (κ3) is 4.01. The molecule has 7 rings (SSSR count). The second kappa shape index (κ2) is 9.21. The zero-order valence-electron chi connectivity index (χ0n) is 20.4. The third-order valence-electron chi connectivity index (χ3n) is 6.84. The SMILES string of the molecule is C(#Cc1cc(C#Cc2ccncc2)cc(-c2ccc3ccc4cccc5ccc2c3c45)c1)c1ccncc1. The molecule has 0 aliphatic carbocycles. The Morgan fingerprint density at radius 2 is 0.921 bits per heavy atom. The van der Waals surface area contributed by atoms with Crippen LogP contribution >= 0.6 is 0 Å². The second-order valence-corrected chi connectivity index (χ2v) is 9.24. The van der Waals surface area contributed by atoms with Crippen LogP contribution in [0.5, 0.6) is 0 Å². The highest BCUT2D eigenvalue weighted by atomic mass is 14.6. The molecule has 174 valence electrons. The number of rotatable bonds is 1. The molecule has 2 heterocycles. The summed E-state index contributed by atoms with van der Waals surface area (Å²) in [6.07, 6.45) is 7.04. The van der Waals surface area contributed by atoms with Gasteiger partial charge in [-0.15, -0.1) is 0 Å². The predicted molar refractivity (Wildman–Crippen MR) is 156 cm³/mol. The number of aromatic nitrogens is 2. The quantitative estimate of drug-likeness (QED) is 0.177. The maximum absolute atomic E-state index is 4.09. The van der Waals surface area contributed by atoms with E-state index < -0.39 is 0 Å². The summed E-state index contributed by atoms with van der Waals surface area (Å²) in [6, 6.07) is 33.9. The van der Waals surface area contributed by atoms with E-state index in [1.807, 2.05) is 24.3 Å². The summed E-state index contributed by atoms with van der Waals surface area (Å²) in [5.74, 6) is 13.2. The lowest BCUT2D eigenvalue weighted by Crippen LogP contribution is -1.89. The van der Waals surface area contributed by atoms with Gasteiger partial charge in [0.15, 0.2) is 0 Å². The second-order valence-electron chi connectivity index (χ2n) is 9.24. The number of pyridine rings is 2. The Morgan fingerprint density at radius 1 is 0.421 bits per heavy atom. The number of benzene rings is 5. The van der Waals surface area contributed by atoms with Crippen LogP contribution in [0.25, 0.3) is 43.4 Å². The highest BCUT2D eigenvalue weighted by Crippen LogP contribution is 2.39. The van der Waals surface area contributed by atoms with Gasteiger partial charge in [0, 0.05) is 47.0 Å². The largest absolute Gasteiger partial charge is 0.265 e. The van der Waals surface area contributed by atoms with Crippen molar-refractivity contribution in [1.29, 1.82) is 0 Å². The van der Waals surface area contributed by atoms with Crippen molar-refractivity contribution in [3.63, 3.8) is 0 Å². The van der Waals surface area contributed by atoms with Gasteiger partial charge >= 0.3 is 0 Å². The van der Waals surface area contributed by atoms with Crippen LogP contribution in [0.15, 0.2) is 122 Å². The van der Waals surface area contributed by atoms with Gasteiger partial charge in [-0.1, -0.05) is 78.3 Å². The summed E-state index contributed by atoms with van der Waals surface area (Å²) >= 11 is 0. The summed E-state index contributed by atoms with van der Waals surface area (Å²) in [4.78, 5) is 8.19. The molecule has 0 amide bonds. The summed E-state index contributed by atoms with van der Waals surface area (Å²) in [5, 5.41) is 7.63. The Balaban J connectivity index is 1.44. The van der Waals surface area contributed by atoms with Gasteiger partial charge in [0.25, 0.3) is 0 Å². The highest BCUT2D eigenvalue weighted by Gasteiger charge is 2.12. The molecule has 0 fully saturated rings. The van der Waals surface area contributed by atoms with Crippen LogP contribution in [0.2, 0.25) is 0 Å². The molecule has 38 heavy (non-hydrogen) atoms. The molecule has 0 spiro atoms. The maximum Gasteiger partial charge on any atom is 0.0280 e. The molecule has 0 aliphatic rings. The predicted octanol–water partition coefficient (Wildman–Crippen LogP) is 7.84. The Morgan fingerprint density at radius 3 is 1.53 bits per heavy atom. The first-order valence-electron chi connectivity index (χ1n) is 12.5. The Bertz CT molecular complexity index is 1980. The van der Waals surface area contributed by atoms with Crippen molar-refractivity contribution in [2.75, 3.05) is 0 Å². The van der Waals surface area contributed by atoms with Gasteiger partial charge in [-0.05, 0) is 85.9 Å². The summed E-state index contributed by atoms with van der Waals surface area (Å²) < 4.78 is 0. The first-order valence-corrected chi connectivity index (χ1v) is 12.5.